The van der Waals surface area contributed by atoms with E-state index in [-0.39, 0.29) is 11.8 Å². The predicted octanol–water partition coefficient (Wildman–Crippen LogP) is 7.11. The second-order valence-corrected chi connectivity index (χ2v) is 11.4. The molecular weight excluding hydrogens is 585 g/mol. The van der Waals surface area contributed by atoms with E-state index in [0.717, 1.165) is 36.7 Å². The van der Waals surface area contributed by atoms with Crippen molar-refractivity contribution >= 4 is 17.8 Å². The Labute approximate surface area is 264 Å². The third-order valence-corrected chi connectivity index (χ3v) is 8.95. The zero-order valence-electron chi connectivity index (χ0n) is 27.2. The minimum atomic E-state index is -4.47. The van der Waals surface area contributed by atoms with Gasteiger partial charge in [0.05, 0.1) is 11.6 Å². The van der Waals surface area contributed by atoms with Gasteiger partial charge in [-0.05, 0) is 81.2 Å². The molecule has 1 saturated heterocycles. The minimum absolute atomic E-state index is 0.0854. The van der Waals surface area contributed by atoms with E-state index in [1.54, 1.807) is 29.2 Å². The molecule has 0 aromatic heterocycles. The van der Waals surface area contributed by atoms with Gasteiger partial charge in [-0.2, -0.15) is 13.2 Å². The standard InChI is InChI=1S/C34H47F3N4O4/c1-7-13-28(24-14-18-26(19-15-24)34(35,36)37)38-32(44)41-30(43)33(8-2,9-3)31(41)45-27-20-16-25(17-21-27)29(42)40(12-6)23-22-39(10-4)11-5/h14-21,28,31H,7-13,22-23H2,1-6H3,(H,38,44)/t28-,31?/m1/s1. The Morgan fingerprint density at radius 1 is 0.911 bits per heavy atom. The molecule has 0 saturated carbocycles. The number of halogens is 3. The lowest BCUT2D eigenvalue weighted by Crippen LogP contribution is -2.73. The summed E-state index contributed by atoms with van der Waals surface area (Å²) in [5.74, 6) is -0.0406. The molecule has 8 nitrogen and oxygen atoms in total. The maximum Gasteiger partial charge on any atom is 0.416 e. The van der Waals surface area contributed by atoms with E-state index in [4.69, 9.17) is 4.74 Å². The van der Waals surface area contributed by atoms with Crippen molar-refractivity contribution in [1.82, 2.24) is 20.0 Å². The van der Waals surface area contributed by atoms with E-state index in [2.05, 4.69) is 24.1 Å². The lowest BCUT2D eigenvalue weighted by atomic mass is 9.72. The van der Waals surface area contributed by atoms with Crippen LogP contribution in [0.3, 0.4) is 0 Å². The molecule has 1 aliphatic heterocycles. The maximum absolute atomic E-state index is 13.5. The highest BCUT2D eigenvalue weighted by Crippen LogP contribution is 2.46. The molecule has 0 aliphatic carbocycles. The molecule has 2 aromatic carbocycles. The summed E-state index contributed by atoms with van der Waals surface area (Å²) in [5.41, 5.74) is -0.660. The second-order valence-electron chi connectivity index (χ2n) is 11.4. The van der Waals surface area contributed by atoms with Crippen LogP contribution in [-0.4, -0.2) is 71.5 Å². The Hall–Kier alpha value is -3.60. The number of likely N-dealkylation sites (tertiary alicyclic amines) is 1. The normalized spacial score (nSPS) is 16.7. The number of ether oxygens (including phenoxy) is 1. The van der Waals surface area contributed by atoms with Crippen molar-refractivity contribution in [3.05, 3.63) is 65.2 Å². The number of urea groups is 1. The summed E-state index contributed by atoms with van der Waals surface area (Å²) in [7, 11) is 0. The molecule has 2 atom stereocenters. The first kappa shape index (κ1) is 35.9. The van der Waals surface area contributed by atoms with Gasteiger partial charge in [-0.15, -0.1) is 0 Å². The van der Waals surface area contributed by atoms with Gasteiger partial charge >= 0.3 is 12.2 Å². The van der Waals surface area contributed by atoms with Gasteiger partial charge < -0.3 is 19.9 Å². The zero-order chi connectivity index (χ0) is 33.4. The average Bonchev–Trinajstić information content (AvgIpc) is 3.03. The maximum atomic E-state index is 13.5. The number of amides is 4. The number of carbonyl (C=O) groups is 3. The molecule has 1 heterocycles. The van der Waals surface area contributed by atoms with Crippen molar-refractivity contribution in [2.45, 2.75) is 85.7 Å². The van der Waals surface area contributed by atoms with Crippen LogP contribution in [0.1, 0.15) is 94.8 Å². The Balaban J connectivity index is 1.77. The monoisotopic (exact) mass is 632 g/mol. The van der Waals surface area contributed by atoms with E-state index >= 15 is 0 Å². The largest absolute Gasteiger partial charge is 0.469 e. The lowest BCUT2D eigenvalue weighted by molar-refractivity contribution is -0.191. The number of nitrogens with zero attached hydrogens (tertiary/aromatic N) is 3. The van der Waals surface area contributed by atoms with Crippen LogP contribution in [0.4, 0.5) is 18.0 Å². The molecule has 2 aromatic rings. The van der Waals surface area contributed by atoms with Gasteiger partial charge in [-0.1, -0.05) is 53.2 Å². The Morgan fingerprint density at radius 3 is 2.00 bits per heavy atom. The van der Waals surface area contributed by atoms with Crippen LogP contribution >= 0.6 is 0 Å². The molecule has 1 N–H and O–H groups in total. The molecule has 4 amide bonds. The topological polar surface area (TPSA) is 82.2 Å². The molecule has 0 radical (unpaired) electrons. The highest BCUT2D eigenvalue weighted by atomic mass is 19.4. The fraction of sp³-hybridized carbons (Fsp3) is 0.559. The van der Waals surface area contributed by atoms with Crippen LogP contribution in [0.2, 0.25) is 0 Å². The van der Waals surface area contributed by atoms with Crippen LogP contribution in [0, 0.1) is 5.41 Å². The van der Waals surface area contributed by atoms with Gasteiger partial charge in [0.15, 0.2) is 6.23 Å². The van der Waals surface area contributed by atoms with Gasteiger partial charge in [0.25, 0.3) is 5.91 Å². The van der Waals surface area contributed by atoms with Crippen molar-refractivity contribution in [2.75, 3.05) is 32.7 Å². The van der Waals surface area contributed by atoms with E-state index in [1.807, 2.05) is 27.7 Å². The van der Waals surface area contributed by atoms with Crippen LogP contribution in [0.5, 0.6) is 5.75 Å². The van der Waals surface area contributed by atoms with Crippen molar-refractivity contribution in [3.8, 4) is 5.75 Å². The van der Waals surface area contributed by atoms with Crippen LogP contribution in [0.15, 0.2) is 48.5 Å². The van der Waals surface area contributed by atoms with Gasteiger partial charge in [0, 0.05) is 25.2 Å². The van der Waals surface area contributed by atoms with Crippen LogP contribution < -0.4 is 10.1 Å². The summed E-state index contributed by atoms with van der Waals surface area (Å²) >= 11 is 0. The molecule has 11 heteroatoms. The molecule has 3 rings (SSSR count). The average molecular weight is 633 g/mol. The van der Waals surface area contributed by atoms with Gasteiger partial charge in [-0.25, -0.2) is 9.69 Å². The predicted molar refractivity (Wildman–Crippen MR) is 168 cm³/mol. The number of β-lactam (4-membered cyclic amide) rings is 1. The number of benzene rings is 2. The number of hydrogen-bond donors (Lipinski definition) is 1. The first-order chi connectivity index (χ1) is 21.4. The number of carbonyl (C=O) groups excluding carboxylic acids is 3. The summed E-state index contributed by atoms with van der Waals surface area (Å²) in [5, 5.41) is 2.85. The van der Waals surface area contributed by atoms with Crippen molar-refractivity contribution < 1.29 is 32.3 Å². The lowest BCUT2D eigenvalue weighted by Gasteiger charge is -2.53. The Kier molecular flexibility index (Phi) is 12.4. The Morgan fingerprint density at radius 2 is 1.51 bits per heavy atom. The van der Waals surface area contributed by atoms with Crippen LogP contribution in [-0.2, 0) is 11.0 Å². The molecule has 1 fully saturated rings. The van der Waals surface area contributed by atoms with Gasteiger partial charge in [0.2, 0.25) is 5.91 Å². The van der Waals surface area contributed by atoms with Crippen LogP contribution in [0.25, 0.3) is 0 Å². The Bertz CT molecular complexity index is 1280. The van der Waals surface area contributed by atoms with Crippen molar-refractivity contribution in [1.29, 1.82) is 0 Å². The number of hydrogen-bond acceptors (Lipinski definition) is 5. The summed E-state index contributed by atoms with van der Waals surface area (Å²) < 4.78 is 45.5. The van der Waals surface area contributed by atoms with E-state index in [9.17, 15) is 27.6 Å². The fourth-order valence-electron chi connectivity index (χ4n) is 5.83. The number of nitrogens with one attached hydrogen (secondary N) is 1. The molecular formula is C34H47F3N4O4. The smallest absolute Gasteiger partial charge is 0.416 e. The number of rotatable bonds is 15. The van der Waals surface area contributed by atoms with Gasteiger partial charge in [0.1, 0.15) is 11.2 Å². The summed E-state index contributed by atoms with van der Waals surface area (Å²) in [6, 6.07) is 10.1. The van der Waals surface area contributed by atoms with E-state index < -0.39 is 35.5 Å². The van der Waals surface area contributed by atoms with E-state index in [1.165, 1.54) is 12.1 Å². The van der Waals surface area contributed by atoms with Crippen molar-refractivity contribution in [3.63, 3.8) is 0 Å². The summed E-state index contributed by atoms with van der Waals surface area (Å²) in [4.78, 5) is 45.3. The zero-order valence-corrected chi connectivity index (χ0v) is 27.2. The number of imide groups is 1. The quantitative estimate of drug-likeness (QED) is 0.212. The first-order valence-electron chi connectivity index (χ1n) is 16.0. The minimum Gasteiger partial charge on any atom is -0.469 e. The molecule has 0 spiro atoms. The summed E-state index contributed by atoms with van der Waals surface area (Å²) in [6.45, 7) is 15.6. The molecule has 248 valence electrons. The summed E-state index contributed by atoms with van der Waals surface area (Å²) in [6.07, 6.45) is -3.34. The molecule has 1 aliphatic rings. The first-order valence-corrected chi connectivity index (χ1v) is 16.0. The molecule has 0 bridgehead atoms. The SMILES string of the molecule is CCC[C@@H](NC(=O)N1C(=O)C(CC)(CC)C1Oc1ccc(C(=O)N(CC)CCN(CC)CC)cc1)c1ccc(C(F)(F)F)cc1. The van der Waals surface area contributed by atoms with E-state index in [0.29, 0.717) is 55.6 Å². The molecule has 45 heavy (non-hydrogen) atoms. The fourth-order valence-corrected chi connectivity index (χ4v) is 5.83. The van der Waals surface area contributed by atoms with Gasteiger partial charge in [-0.3, -0.25) is 9.59 Å². The molecule has 1 unspecified atom stereocenters. The second kappa shape index (κ2) is 15.6. The third-order valence-electron chi connectivity index (χ3n) is 8.95. The number of likely N-dealkylation sites (N-methyl/N-ethyl adjacent to an activating group) is 2. The van der Waals surface area contributed by atoms with Crippen molar-refractivity contribution in [2.24, 2.45) is 5.41 Å². The number of alkyl halides is 3. The highest BCUT2D eigenvalue weighted by Gasteiger charge is 2.63. The highest BCUT2D eigenvalue weighted by molar-refractivity contribution is 6.03. The third kappa shape index (κ3) is 7.98.